The van der Waals surface area contributed by atoms with Crippen LogP contribution in [0.25, 0.3) is 10.9 Å². The number of hydrogen-bond acceptors (Lipinski definition) is 6. The van der Waals surface area contributed by atoms with E-state index in [9.17, 15) is 9.90 Å². The predicted octanol–water partition coefficient (Wildman–Crippen LogP) is 2.96. The highest BCUT2D eigenvalue weighted by atomic mass is 16.4. The van der Waals surface area contributed by atoms with Crippen molar-refractivity contribution in [3.8, 4) is 0 Å². The Bertz CT molecular complexity index is 1130. The number of amides is 1. The van der Waals surface area contributed by atoms with E-state index in [1.54, 1.807) is 26.5 Å². The number of benzene rings is 1. The van der Waals surface area contributed by atoms with Crippen LogP contribution in [0, 0.1) is 0 Å². The fourth-order valence-corrected chi connectivity index (χ4v) is 4.56. The number of fused-ring (bicyclic) bond motifs is 1. The zero-order valence-corrected chi connectivity index (χ0v) is 17.8. The van der Waals surface area contributed by atoms with Crippen LogP contribution in [0.2, 0.25) is 0 Å². The first-order valence-electron chi connectivity index (χ1n) is 10.7. The summed E-state index contributed by atoms with van der Waals surface area (Å²) in [5.74, 6) is 2.17. The monoisotopic (exact) mass is 419 g/mol. The van der Waals surface area contributed by atoms with E-state index in [1.807, 2.05) is 18.2 Å². The molecule has 1 amide bonds. The zero-order valence-electron chi connectivity index (χ0n) is 17.8. The van der Waals surface area contributed by atoms with Crippen LogP contribution in [0.1, 0.15) is 18.0 Å². The SMILES string of the molecule is C[N+](C)(C(=O)O)C1CCN(c2nccnc2C2CN(c3ccc4ccccc4n3)C2)C1. The summed E-state index contributed by atoms with van der Waals surface area (Å²) in [6.07, 6.45) is 3.50. The van der Waals surface area contributed by atoms with Crippen molar-refractivity contribution in [3.05, 3.63) is 54.5 Å². The molecular weight excluding hydrogens is 392 g/mol. The lowest BCUT2D eigenvalue weighted by atomic mass is 9.95. The van der Waals surface area contributed by atoms with Crippen LogP contribution < -0.4 is 9.80 Å². The fourth-order valence-electron chi connectivity index (χ4n) is 4.56. The van der Waals surface area contributed by atoms with Crippen molar-refractivity contribution in [1.82, 2.24) is 15.0 Å². The van der Waals surface area contributed by atoms with Gasteiger partial charge in [0, 0.05) is 49.8 Å². The maximum absolute atomic E-state index is 11.6. The second-order valence-corrected chi connectivity index (χ2v) is 8.94. The summed E-state index contributed by atoms with van der Waals surface area (Å²) in [5, 5.41) is 10.7. The number of aromatic nitrogens is 3. The molecule has 2 aliphatic heterocycles. The first-order chi connectivity index (χ1) is 14.9. The first-order valence-corrected chi connectivity index (χ1v) is 10.7. The predicted molar refractivity (Wildman–Crippen MR) is 119 cm³/mol. The molecular formula is C23H27N6O2+. The largest absolute Gasteiger partial charge is 0.513 e. The first kappa shape index (κ1) is 19.7. The summed E-state index contributed by atoms with van der Waals surface area (Å²) in [6, 6.07) is 12.4. The molecule has 2 saturated heterocycles. The Labute approximate surface area is 181 Å². The molecule has 1 N–H and O–H groups in total. The molecule has 2 aliphatic rings. The number of carboxylic acid groups (broad SMARTS) is 1. The van der Waals surface area contributed by atoms with Gasteiger partial charge in [0.25, 0.3) is 0 Å². The van der Waals surface area contributed by atoms with Gasteiger partial charge in [-0.15, -0.1) is 0 Å². The third-order valence-electron chi connectivity index (χ3n) is 6.75. The molecule has 0 saturated carbocycles. The summed E-state index contributed by atoms with van der Waals surface area (Å²) in [6.45, 7) is 3.18. The summed E-state index contributed by atoms with van der Waals surface area (Å²) in [5.41, 5.74) is 2.01. The topological polar surface area (TPSA) is 82.4 Å². The lowest BCUT2D eigenvalue weighted by Crippen LogP contribution is -2.53. The second kappa shape index (κ2) is 7.46. The number of hydrogen-bond donors (Lipinski definition) is 1. The van der Waals surface area contributed by atoms with Gasteiger partial charge < -0.3 is 14.9 Å². The molecule has 0 aliphatic carbocycles. The summed E-state index contributed by atoms with van der Waals surface area (Å²) >= 11 is 0. The van der Waals surface area contributed by atoms with Gasteiger partial charge in [0.2, 0.25) is 0 Å². The molecule has 3 aromatic rings. The number of nitrogens with zero attached hydrogens (tertiary/aromatic N) is 6. The molecule has 1 unspecified atom stereocenters. The minimum absolute atomic E-state index is 0.0308. The number of anilines is 2. The van der Waals surface area contributed by atoms with E-state index >= 15 is 0 Å². The van der Waals surface area contributed by atoms with Crippen molar-refractivity contribution >= 4 is 28.6 Å². The maximum Gasteiger partial charge on any atom is 0.513 e. The van der Waals surface area contributed by atoms with E-state index in [4.69, 9.17) is 4.98 Å². The third-order valence-corrected chi connectivity index (χ3v) is 6.75. The lowest BCUT2D eigenvalue weighted by Gasteiger charge is -2.40. The molecule has 160 valence electrons. The molecule has 8 heteroatoms. The van der Waals surface area contributed by atoms with E-state index < -0.39 is 6.09 Å². The third kappa shape index (κ3) is 3.46. The van der Waals surface area contributed by atoms with E-state index in [2.05, 4.69) is 38.0 Å². The summed E-state index contributed by atoms with van der Waals surface area (Å²) < 4.78 is -0.0308. The van der Waals surface area contributed by atoms with Crippen LogP contribution in [0.5, 0.6) is 0 Å². The highest BCUT2D eigenvalue weighted by Gasteiger charge is 2.42. The summed E-state index contributed by atoms with van der Waals surface area (Å²) in [4.78, 5) is 30.2. The Morgan fingerprint density at radius 3 is 2.61 bits per heavy atom. The molecule has 1 atom stereocenters. The molecule has 5 rings (SSSR count). The second-order valence-electron chi connectivity index (χ2n) is 8.94. The number of para-hydroxylation sites is 1. The van der Waals surface area contributed by atoms with Crippen molar-refractivity contribution in [2.75, 3.05) is 50.1 Å². The quantitative estimate of drug-likeness (QED) is 0.651. The molecule has 0 radical (unpaired) electrons. The Balaban J connectivity index is 1.31. The van der Waals surface area contributed by atoms with Crippen molar-refractivity contribution in [2.24, 2.45) is 0 Å². The number of likely N-dealkylation sites (N-methyl/N-ethyl adjacent to an activating group) is 1. The zero-order chi connectivity index (χ0) is 21.6. The van der Waals surface area contributed by atoms with Crippen molar-refractivity contribution in [1.29, 1.82) is 0 Å². The maximum atomic E-state index is 11.6. The van der Waals surface area contributed by atoms with Crippen LogP contribution in [0.4, 0.5) is 16.4 Å². The number of quaternary nitrogens is 1. The Morgan fingerprint density at radius 1 is 1.03 bits per heavy atom. The highest BCUT2D eigenvalue weighted by Crippen LogP contribution is 2.35. The molecule has 0 bridgehead atoms. The van der Waals surface area contributed by atoms with Gasteiger partial charge in [0.05, 0.1) is 31.9 Å². The van der Waals surface area contributed by atoms with Crippen LogP contribution in [0.15, 0.2) is 48.8 Å². The molecule has 2 aromatic heterocycles. The smallest absolute Gasteiger partial charge is 0.435 e. The molecule has 0 spiro atoms. The molecule has 31 heavy (non-hydrogen) atoms. The average Bonchev–Trinajstić information content (AvgIpc) is 3.24. The lowest BCUT2D eigenvalue weighted by molar-refractivity contribution is -0.840. The number of pyridine rings is 1. The minimum Gasteiger partial charge on any atom is -0.435 e. The molecule has 2 fully saturated rings. The van der Waals surface area contributed by atoms with Crippen molar-refractivity contribution in [3.63, 3.8) is 0 Å². The Morgan fingerprint density at radius 2 is 1.81 bits per heavy atom. The van der Waals surface area contributed by atoms with Gasteiger partial charge in [0.15, 0.2) is 5.82 Å². The average molecular weight is 420 g/mol. The van der Waals surface area contributed by atoms with E-state index in [0.717, 1.165) is 54.3 Å². The summed E-state index contributed by atoms with van der Waals surface area (Å²) in [7, 11) is 3.52. The van der Waals surface area contributed by atoms with Gasteiger partial charge in [-0.2, -0.15) is 4.79 Å². The molecule has 8 nitrogen and oxygen atoms in total. The molecule has 1 aromatic carbocycles. The van der Waals surface area contributed by atoms with Gasteiger partial charge in [0.1, 0.15) is 11.9 Å². The van der Waals surface area contributed by atoms with Gasteiger partial charge in [-0.05, 0) is 18.2 Å². The van der Waals surface area contributed by atoms with Gasteiger partial charge in [-0.3, -0.25) is 4.98 Å². The van der Waals surface area contributed by atoms with Crippen molar-refractivity contribution < 1.29 is 14.4 Å². The Hall–Kier alpha value is -3.26. The van der Waals surface area contributed by atoms with Crippen LogP contribution >= 0.6 is 0 Å². The van der Waals surface area contributed by atoms with Gasteiger partial charge >= 0.3 is 6.09 Å². The van der Waals surface area contributed by atoms with Gasteiger partial charge in [-0.25, -0.2) is 14.5 Å². The van der Waals surface area contributed by atoms with Gasteiger partial charge in [-0.1, -0.05) is 18.2 Å². The van der Waals surface area contributed by atoms with Crippen molar-refractivity contribution in [2.45, 2.75) is 18.4 Å². The highest BCUT2D eigenvalue weighted by molar-refractivity contribution is 5.80. The van der Waals surface area contributed by atoms with E-state index in [0.29, 0.717) is 6.54 Å². The Kier molecular flexibility index (Phi) is 4.74. The van der Waals surface area contributed by atoms with Crippen LogP contribution in [0.3, 0.4) is 0 Å². The van der Waals surface area contributed by atoms with Crippen LogP contribution in [-0.4, -0.2) is 77.0 Å². The minimum atomic E-state index is -0.802. The molecule has 4 heterocycles. The fraction of sp³-hybridized carbons (Fsp3) is 0.391. The van der Waals surface area contributed by atoms with E-state index in [1.165, 1.54) is 0 Å². The van der Waals surface area contributed by atoms with E-state index in [-0.39, 0.29) is 16.4 Å². The standard InChI is InChI=1S/C23H26N6O2/c1-29(2,23(30)31)18-9-12-27(15-18)22-21(24-10-11-25-22)17-13-28(14-17)20-8-7-16-5-3-4-6-19(16)26-20/h3-8,10-11,17-18H,9,12-15H2,1-2H3/p+1. The number of carbonyl (C=O) groups is 1. The number of rotatable bonds is 4. The normalized spacial score (nSPS) is 19.6. The van der Waals surface area contributed by atoms with Crippen LogP contribution in [-0.2, 0) is 0 Å².